The second-order valence-corrected chi connectivity index (χ2v) is 12.3. The van der Waals surface area contributed by atoms with Gasteiger partial charge in [0.25, 0.3) is 17.5 Å². The number of β-lactam (4-membered cyclic amide) rings is 1. The summed E-state index contributed by atoms with van der Waals surface area (Å²) in [5.74, 6) is -5.82. The number of amides is 3. The number of hydrogen-bond acceptors (Lipinski definition) is 14. The third-order valence-corrected chi connectivity index (χ3v) is 10.5. The zero-order chi connectivity index (χ0) is 27.2. The van der Waals surface area contributed by atoms with Gasteiger partial charge < -0.3 is 31.1 Å². The maximum absolute atomic E-state index is 13.2. The molecule has 1 aromatic rings. The van der Waals surface area contributed by atoms with Gasteiger partial charge >= 0.3 is 11.9 Å². The van der Waals surface area contributed by atoms with Gasteiger partial charge in [-0.1, -0.05) is 47.0 Å². The summed E-state index contributed by atoms with van der Waals surface area (Å²) in [4.78, 5) is 61.6. The molecule has 4 heterocycles. The number of nitrogens with one attached hydrogen (secondary N) is 1. The summed E-state index contributed by atoms with van der Waals surface area (Å²) >= 11 is 3.39. The molecule has 3 atom stereocenters. The van der Waals surface area contributed by atoms with Crippen LogP contribution in [0.15, 0.2) is 26.2 Å². The standard InChI is InChI=1S/C17H17N7O9S4/c1-23-16(20-21-22-23)34-3-4-6(10(29)30)24-14(32)17(33-2,15(24)35-11(4)31)19-8(26)13-36-12(37-13)5(7(18)25)9(27)28/h11,13,15,31H,3H2,1-2H3,(H2,18,25)(H,19,26)(H,27,28)(H,29,30)/t11?,13?,15-,17+/m1/s1. The number of aliphatic carboxylic acids is 2. The fraction of sp³-hybridized carbons (Fsp3) is 0.412. The van der Waals surface area contributed by atoms with E-state index >= 15 is 0 Å². The number of ether oxygens (including phenoxy) is 1. The number of aliphatic hydroxyl groups is 1. The van der Waals surface area contributed by atoms with E-state index in [-0.39, 0.29) is 15.6 Å². The molecule has 16 nitrogen and oxygen atoms in total. The van der Waals surface area contributed by atoms with Crippen molar-refractivity contribution in [2.24, 2.45) is 12.8 Å². The van der Waals surface area contributed by atoms with Crippen molar-refractivity contribution in [3.05, 3.63) is 21.1 Å². The monoisotopic (exact) mass is 591 g/mol. The van der Waals surface area contributed by atoms with Crippen LogP contribution in [0.4, 0.5) is 0 Å². The molecule has 6 N–H and O–H groups in total. The highest BCUT2D eigenvalue weighted by Gasteiger charge is 2.68. The number of nitrogens with two attached hydrogens (primary N) is 1. The van der Waals surface area contributed by atoms with E-state index in [1.54, 1.807) is 7.05 Å². The summed E-state index contributed by atoms with van der Waals surface area (Å²) < 4.78 is 5.80. The average molecular weight is 592 g/mol. The molecule has 1 unspecified atom stereocenters. The first-order valence-electron chi connectivity index (χ1n) is 9.89. The van der Waals surface area contributed by atoms with E-state index in [1.165, 1.54) is 4.68 Å². The first kappa shape index (κ1) is 27.3. The molecule has 3 aliphatic rings. The van der Waals surface area contributed by atoms with Crippen LogP contribution in [0.25, 0.3) is 0 Å². The van der Waals surface area contributed by atoms with Crippen LogP contribution >= 0.6 is 47.0 Å². The van der Waals surface area contributed by atoms with Gasteiger partial charge in [-0.3, -0.25) is 19.3 Å². The van der Waals surface area contributed by atoms with E-state index < -0.39 is 62.0 Å². The van der Waals surface area contributed by atoms with Crippen LogP contribution in [0.3, 0.4) is 0 Å². The molecule has 3 amide bonds. The second-order valence-electron chi connectivity index (χ2n) is 7.40. The summed E-state index contributed by atoms with van der Waals surface area (Å²) in [5, 5.41) is 42.4. The maximum atomic E-state index is 13.2. The molecule has 2 saturated heterocycles. The van der Waals surface area contributed by atoms with Crippen molar-refractivity contribution >= 4 is 76.7 Å². The van der Waals surface area contributed by atoms with Crippen molar-refractivity contribution in [1.29, 1.82) is 0 Å². The van der Waals surface area contributed by atoms with Gasteiger partial charge in [0, 0.05) is 25.5 Å². The minimum Gasteiger partial charge on any atom is -0.477 e. The molecule has 20 heteroatoms. The predicted molar refractivity (Wildman–Crippen MR) is 129 cm³/mol. The Labute approximate surface area is 223 Å². The lowest BCUT2D eigenvalue weighted by Crippen LogP contribution is -2.81. The van der Waals surface area contributed by atoms with Gasteiger partial charge in [0.1, 0.15) is 26.7 Å². The second kappa shape index (κ2) is 10.2. The third-order valence-electron chi connectivity index (χ3n) is 5.30. The highest BCUT2D eigenvalue weighted by molar-refractivity contribution is 8.39. The van der Waals surface area contributed by atoms with Crippen LogP contribution < -0.4 is 11.1 Å². The number of tetrazole rings is 1. The highest BCUT2D eigenvalue weighted by Crippen LogP contribution is 2.54. The number of carboxylic acid groups (broad SMARTS) is 2. The Morgan fingerprint density at radius 2 is 1.95 bits per heavy atom. The summed E-state index contributed by atoms with van der Waals surface area (Å²) in [6.45, 7) is 0. The zero-order valence-electron chi connectivity index (χ0n) is 18.7. The number of rotatable bonds is 9. The normalized spacial score (nSPS) is 26.7. The SMILES string of the molecule is CO[C@@]1(NC(=O)C2SC(=C(C(N)=O)C(=O)O)S2)C(=O)N2C(C(=O)O)=C(CSc3nnnn3C)C(O)S[C@@H]21. The molecule has 0 bridgehead atoms. The highest BCUT2D eigenvalue weighted by atomic mass is 32.3. The molecule has 0 aromatic carbocycles. The Balaban J connectivity index is 1.53. The first-order valence-corrected chi connectivity index (χ1v) is 13.6. The lowest BCUT2D eigenvalue weighted by molar-refractivity contribution is -0.192. The van der Waals surface area contributed by atoms with E-state index in [0.29, 0.717) is 5.16 Å². The molecule has 0 spiro atoms. The van der Waals surface area contributed by atoms with Crippen LogP contribution in [0, 0.1) is 0 Å². The van der Waals surface area contributed by atoms with Gasteiger partial charge in [0.2, 0.25) is 11.1 Å². The van der Waals surface area contributed by atoms with Gasteiger partial charge in [-0.25, -0.2) is 14.3 Å². The fourth-order valence-corrected chi connectivity index (χ4v) is 8.13. The Kier molecular flexibility index (Phi) is 7.50. The largest absolute Gasteiger partial charge is 0.477 e. The van der Waals surface area contributed by atoms with Crippen molar-refractivity contribution < 1.29 is 44.0 Å². The Bertz CT molecular complexity index is 1260. The van der Waals surface area contributed by atoms with Crippen molar-refractivity contribution in [3.8, 4) is 0 Å². The van der Waals surface area contributed by atoms with Crippen molar-refractivity contribution in [2.45, 2.75) is 26.3 Å². The summed E-state index contributed by atoms with van der Waals surface area (Å²) in [6.07, 6.45) is 0. The van der Waals surface area contributed by atoms with Crippen LogP contribution in [0.1, 0.15) is 0 Å². The summed E-state index contributed by atoms with van der Waals surface area (Å²) in [5.41, 5.74) is 0.648. The van der Waals surface area contributed by atoms with E-state index in [0.717, 1.165) is 59.1 Å². The van der Waals surface area contributed by atoms with E-state index in [2.05, 4.69) is 20.8 Å². The number of methoxy groups -OCH3 is 1. The van der Waals surface area contributed by atoms with Gasteiger partial charge in [-0.2, -0.15) is 0 Å². The number of carboxylic acids is 2. The van der Waals surface area contributed by atoms with E-state index in [1.807, 2.05) is 0 Å². The molecule has 1 aromatic heterocycles. The quantitative estimate of drug-likeness (QED) is 0.0517. The summed E-state index contributed by atoms with van der Waals surface area (Å²) in [7, 11) is 2.72. The minimum absolute atomic E-state index is 0.0343. The number of aromatic nitrogens is 4. The van der Waals surface area contributed by atoms with Gasteiger partial charge in [-0.15, -0.1) is 5.10 Å². The van der Waals surface area contributed by atoms with Crippen LogP contribution in [0.5, 0.6) is 0 Å². The zero-order valence-corrected chi connectivity index (χ0v) is 21.9. The number of aryl methyl sites for hydroxylation is 1. The number of aliphatic hydroxyl groups excluding tert-OH is 1. The van der Waals surface area contributed by atoms with E-state index in [4.69, 9.17) is 15.6 Å². The smallest absolute Gasteiger partial charge is 0.352 e. The molecule has 198 valence electrons. The molecular formula is C17H17N7O9S4. The average Bonchev–Trinajstić information content (AvgIpc) is 3.21. The number of fused-ring (bicyclic) bond motifs is 1. The Morgan fingerprint density at radius 1 is 1.27 bits per heavy atom. The van der Waals surface area contributed by atoms with Crippen molar-refractivity contribution in [1.82, 2.24) is 30.4 Å². The van der Waals surface area contributed by atoms with E-state index in [9.17, 15) is 34.2 Å². The molecule has 0 radical (unpaired) electrons. The number of carbonyl (C=O) groups is 5. The lowest BCUT2D eigenvalue weighted by atomic mass is 9.98. The molecule has 2 fully saturated rings. The van der Waals surface area contributed by atoms with Crippen LogP contribution in [-0.4, -0.2) is 104 Å². The topological polar surface area (TPSA) is 240 Å². The van der Waals surface area contributed by atoms with Gasteiger partial charge in [0.15, 0.2) is 0 Å². The number of nitrogens with zero attached hydrogens (tertiary/aromatic N) is 5. The predicted octanol–water partition coefficient (Wildman–Crippen LogP) is -2.08. The minimum atomic E-state index is -1.99. The van der Waals surface area contributed by atoms with Gasteiger partial charge in [-0.05, 0) is 10.4 Å². The number of hydrogen-bond donors (Lipinski definition) is 5. The number of carbonyl (C=O) groups excluding carboxylic acids is 3. The molecule has 3 aliphatic heterocycles. The molecule has 0 saturated carbocycles. The van der Waals surface area contributed by atoms with Crippen molar-refractivity contribution in [3.63, 3.8) is 0 Å². The molecule has 4 rings (SSSR count). The number of primary amides is 1. The maximum Gasteiger partial charge on any atom is 0.352 e. The first-order chi connectivity index (χ1) is 17.4. The molecular weight excluding hydrogens is 574 g/mol. The summed E-state index contributed by atoms with van der Waals surface area (Å²) in [6, 6.07) is 0. The Hall–Kier alpha value is -2.78. The number of thioether (sulfide) groups is 4. The fourth-order valence-electron chi connectivity index (χ4n) is 3.54. The lowest BCUT2D eigenvalue weighted by Gasteiger charge is -2.56. The Morgan fingerprint density at radius 3 is 2.46 bits per heavy atom. The van der Waals surface area contributed by atoms with Gasteiger partial charge in [0.05, 0.1) is 4.24 Å². The van der Waals surface area contributed by atoms with Crippen LogP contribution in [-0.2, 0) is 35.8 Å². The molecule has 0 aliphatic carbocycles. The molecule has 37 heavy (non-hydrogen) atoms. The third kappa shape index (κ3) is 4.56. The van der Waals surface area contributed by atoms with Crippen LogP contribution in [0.2, 0.25) is 0 Å². The van der Waals surface area contributed by atoms with Crippen molar-refractivity contribution in [2.75, 3.05) is 12.9 Å².